The maximum atomic E-state index is 12.0. The van der Waals surface area contributed by atoms with E-state index in [1.54, 1.807) is 0 Å². The fourth-order valence-corrected chi connectivity index (χ4v) is 3.89. The molecule has 1 saturated carbocycles. The van der Waals surface area contributed by atoms with Crippen LogP contribution in [0.2, 0.25) is 0 Å². The number of hydrogen-bond acceptors (Lipinski definition) is 4. The van der Waals surface area contributed by atoms with Gasteiger partial charge in [-0.05, 0) is 56.7 Å². The van der Waals surface area contributed by atoms with Gasteiger partial charge in [0.1, 0.15) is 6.10 Å². The van der Waals surface area contributed by atoms with Crippen LogP contribution in [0.1, 0.15) is 43.2 Å². The number of para-hydroxylation sites is 1. The van der Waals surface area contributed by atoms with E-state index in [0.717, 1.165) is 28.9 Å². The number of hydrogen-bond donors (Lipinski definition) is 0. The molecule has 0 aliphatic heterocycles. The van der Waals surface area contributed by atoms with Crippen LogP contribution in [-0.4, -0.2) is 22.8 Å². The highest BCUT2D eigenvalue weighted by Gasteiger charge is 2.18. The van der Waals surface area contributed by atoms with Gasteiger partial charge in [-0.25, -0.2) is 4.98 Å². The van der Waals surface area contributed by atoms with Crippen molar-refractivity contribution in [3.05, 3.63) is 35.4 Å². The number of benzene rings is 1. The fraction of sp³-hybridized carbons (Fsp3) is 0.474. The molecule has 0 unspecified atom stereocenters. The van der Waals surface area contributed by atoms with E-state index < -0.39 is 0 Å². The van der Waals surface area contributed by atoms with Crippen molar-refractivity contribution in [1.82, 2.24) is 4.98 Å². The maximum Gasteiger partial charge on any atom is 0.316 e. The number of nitrogens with zero attached hydrogens (tertiary/aromatic N) is 1. The Morgan fingerprint density at radius 3 is 2.78 bits per heavy atom. The van der Waals surface area contributed by atoms with E-state index in [0.29, 0.717) is 5.75 Å². The predicted octanol–water partition coefficient (Wildman–Crippen LogP) is 4.82. The van der Waals surface area contributed by atoms with Gasteiger partial charge in [0, 0.05) is 5.39 Å². The van der Waals surface area contributed by atoms with Crippen molar-refractivity contribution in [2.24, 2.45) is 0 Å². The number of esters is 1. The van der Waals surface area contributed by atoms with Gasteiger partial charge in [0.25, 0.3) is 0 Å². The average Bonchev–Trinajstić information content (AvgIpc) is 2.55. The largest absolute Gasteiger partial charge is 0.462 e. The summed E-state index contributed by atoms with van der Waals surface area (Å²) in [7, 11) is 0. The topological polar surface area (TPSA) is 39.2 Å². The SMILES string of the molecule is Cc1cc(SCC(=O)OC2CCCCC2)nc2c(C)cccc12. The average molecular weight is 329 g/mol. The lowest BCUT2D eigenvalue weighted by atomic mass is 9.98. The van der Waals surface area contributed by atoms with Gasteiger partial charge in [-0.3, -0.25) is 4.79 Å². The van der Waals surface area contributed by atoms with E-state index in [4.69, 9.17) is 9.72 Å². The fourth-order valence-electron chi connectivity index (χ4n) is 3.14. The highest BCUT2D eigenvalue weighted by Crippen LogP contribution is 2.26. The molecule has 0 atom stereocenters. The minimum Gasteiger partial charge on any atom is -0.462 e. The molecule has 0 radical (unpaired) electrons. The third-order valence-electron chi connectivity index (χ3n) is 4.41. The molecule has 0 amide bonds. The summed E-state index contributed by atoms with van der Waals surface area (Å²) in [5.41, 5.74) is 3.38. The third-order valence-corrected chi connectivity index (χ3v) is 5.30. The minimum absolute atomic E-state index is 0.119. The number of carbonyl (C=O) groups excluding carboxylic acids is 1. The Morgan fingerprint density at radius 2 is 2.00 bits per heavy atom. The van der Waals surface area contributed by atoms with Crippen LogP contribution in [0, 0.1) is 13.8 Å². The highest BCUT2D eigenvalue weighted by atomic mass is 32.2. The normalized spacial score (nSPS) is 15.7. The number of rotatable bonds is 4. The van der Waals surface area contributed by atoms with E-state index in [1.165, 1.54) is 42.0 Å². The van der Waals surface area contributed by atoms with Gasteiger partial charge in [0.2, 0.25) is 0 Å². The van der Waals surface area contributed by atoms with Crippen molar-refractivity contribution < 1.29 is 9.53 Å². The number of fused-ring (bicyclic) bond motifs is 1. The van der Waals surface area contributed by atoms with Gasteiger partial charge < -0.3 is 4.74 Å². The molecule has 1 fully saturated rings. The van der Waals surface area contributed by atoms with Crippen LogP contribution >= 0.6 is 11.8 Å². The molecule has 4 heteroatoms. The Morgan fingerprint density at radius 1 is 1.22 bits per heavy atom. The second-order valence-corrected chi connectivity index (χ2v) is 7.28. The quantitative estimate of drug-likeness (QED) is 0.595. The lowest BCUT2D eigenvalue weighted by Gasteiger charge is -2.21. The van der Waals surface area contributed by atoms with E-state index in [9.17, 15) is 4.79 Å². The second-order valence-electron chi connectivity index (χ2n) is 6.29. The lowest BCUT2D eigenvalue weighted by molar-refractivity contribution is -0.147. The summed E-state index contributed by atoms with van der Waals surface area (Å²) >= 11 is 1.47. The van der Waals surface area contributed by atoms with Crippen molar-refractivity contribution in [2.45, 2.75) is 57.1 Å². The number of aryl methyl sites for hydroxylation is 2. The van der Waals surface area contributed by atoms with Crippen molar-refractivity contribution in [3.63, 3.8) is 0 Å². The first-order valence-electron chi connectivity index (χ1n) is 8.33. The molecule has 0 saturated heterocycles. The van der Waals surface area contributed by atoms with E-state index in [-0.39, 0.29) is 12.1 Å². The van der Waals surface area contributed by atoms with Crippen LogP contribution in [0.3, 0.4) is 0 Å². The zero-order valence-electron chi connectivity index (χ0n) is 13.8. The minimum atomic E-state index is -0.119. The lowest BCUT2D eigenvalue weighted by Crippen LogP contribution is -2.21. The molecule has 2 aromatic rings. The first kappa shape index (κ1) is 16.3. The van der Waals surface area contributed by atoms with E-state index >= 15 is 0 Å². The molecule has 0 bridgehead atoms. The Kier molecular flexibility index (Phi) is 5.21. The molecule has 1 aliphatic rings. The predicted molar refractivity (Wildman–Crippen MR) is 94.9 cm³/mol. The first-order valence-corrected chi connectivity index (χ1v) is 9.31. The first-order chi connectivity index (χ1) is 11.1. The molecule has 122 valence electrons. The summed E-state index contributed by atoms with van der Waals surface area (Å²) in [6, 6.07) is 8.28. The summed E-state index contributed by atoms with van der Waals surface area (Å²) < 4.78 is 5.57. The number of aromatic nitrogens is 1. The van der Waals surface area contributed by atoms with Crippen molar-refractivity contribution in [3.8, 4) is 0 Å². The van der Waals surface area contributed by atoms with Crippen LogP contribution in [0.4, 0.5) is 0 Å². The molecule has 1 aromatic heterocycles. The Balaban J connectivity index is 1.64. The molecule has 1 heterocycles. The molecule has 0 N–H and O–H groups in total. The van der Waals surface area contributed by atoms with Crippen molar-refractivity contribution >= 4 is 28.6 Å². The number of ether oxygens (including phenoxy) is 1. The van der Waals surface area contributed by atoms with Gasteiger partial charge in [0.05, 0.1) is 16.3 Å². The van der Waals surface area contributed by atoms with Crippen molar-refractivity contribution in [2.75, 3.05) is 5.75 Å². The van der Waals surface area contributed by atoms with Gasteiger partial charge in [-0.1, -0.05) is 36.4 Å². The summed E-state index contributed by atoms with van der Waals surface area (Å²) in [6.07, 6.45) is 5.78. The molecule has 3 rings (SSSR count). The molecule has 1 aromatic carbocycles. The summed E-state index contributed by atoms with van der Waals surface area (Å²) in [4.78, 5) is 16.7. The standard InChI is InChI=1S/C19H23NO2S/c1-13-7-6-10-16-14(2)11-17(20-19(13)16)23-12-18(21)22-15-8-4-3-5-9-15/h6-7,10-11,15H,3-5,8-9,12H2,1-2H3. The second kappa shape index (κ2) is 7.35. The molecular weight excluding hydrogens is 306 g/mol. The van der Waals surface area contributed by atoms with Crippen LogP contribution in [0.15, 0.2) is 29.3 Å². The Hall–Kier alpha value is -1.55. The summed E-state index contributed by atoms with van der Waals surface area (Å²) in [5, 5.41) is 2.07. The zero-order valence-corrected chi connectivity index (χ0v) is 14.6. The molecule has 3 nitrogen and oxygen atoms in total. The van der Waals surface area contributed by atoms with E-state index in [1.807, 2.05) is 0 Å². The van der Waals surface area contributed by atoms with E-state index in [2.05, 4.69) is 38.1 Å². The summed E-state index contributed by atoms with van der Waals surface area (Å²) in [6.45, 7) is 4.16. The van der Waals surface area contributed by atoms with Gasteiger partial charge in [-0.2, -0.15) is 0 Å². The number of carbonyl (C=O) groups is 1. The Labute approximate surface area is 141 Å². The van der Waals surface area contributed by atoms with Crippen LogP contribution in [0.5, 0.6) is 0 Å². The molecule has 1 aliphatic carbocycles. The molecular formula is C19H23NO2S. The zero-order chi connectivity index (χ0) is 16.2. The number of thioether (sulfide) groups is 1. The highest BCUT2D eigenvalue weighted by molar-refractivity contribution is 7.99. The van der Waals surface area contributed by atoms with Crippen LogP contribution in [-0.2, 0) is 9.53 Å². The maximum absolute atomic E-state index is 12.0. The van der Waals surface area contributed by atoms with Crippen LogP contribution < -0.4 is 0 Å². The van der Waals surface area contributed by atoms with Gasteiger partial charge >= 0.3 is 5.97 Å². The van der Waals surface area contributed by atoms with Gasteiger partial charge in [0.15, 0.2) is 0 Å². The van der Waals surface area contributed by atoms with Gasteiger partial charge in [-0.15, -0.1) is 0 Å². The molecule has 0 spiro atoms. The van der Waals surface area contributed by atoms with Crippen LogP contribution in [0.25, 0.3) is 10.9 Å². The number of pyridine rings is 1. The third kappa shape index (κ3) is 4.05. The monoisotopic (exact) mass is 329 g/mol. The Bertz CT molecular complexity index is 708. The summed E-state index contributed by atoms with van der Waals surface area (Å²) in [5.74, 6) is 0.214. The molecule has 23 heavy (non-hydrogen) atoms. The smallest absolute Gasteiger partial charge is 0.316 e. The van der Waals surface area contributed by atoms with Crippen molar-refractivity contribution in [1.29, 1.82) is 0 Å².